The third kappa shape index (κ3) is 2.44. The zero-order valence-corrected chi connectivity index (χ0v) is 10.1. The third-order valence-corrected chi connectivity index (χ3v) is 2.80. The van der Waals surface area contributed by atoms with Gasteiger partial charge < -0.3 is 15.9 Å². The van der Waals surface area contributed by atoms with Crippen LogP contribution in [0.2, 0.25) is 0 Å². The molecule has 4 N–H and O–H groups in total. The van der Waals surface area contributed by atoms with Crippen molar-refractivity contribution in [1.82, 2.24) is 0 Å². The number of nitrogen functional groups attached to an aromatic ring is 1. The Bertz CT molecular complexity index is 672. The van der Waals surface area contributed by atoms with Crippen LogP contribution in [-0.4, -0.2) is 22.2 Å². The molecule has 0 saturated heterocycles. The molecule has 2 aromatic rings. The number of anilines is 1. The number of carboxylic acid groups (broad SMARTS) is 2. The molecule has 0 radical (unpaired) electrons. The molecule has 0 aliphatic rings. The number of aromatic carboxylic acids is 2. The highest BCUT2D eigenvalue weighted by Gasteiger charge is 2.16. The van der Waals surface area contributed by atoms with Gasteiger partial charge in [0.25, 0.3) is 0 Å². The highest BCUT2D eigenvalue weighted by Crippen LogP contribution is 2.27. The van der Waals surface area contributed by atoms with E-state index in [4.69, 9.17) is 15.9 Å². The number of carbonyl (C=O) groups is 2. The number of benzene rings is 2. The van der Waals surface area contributed by atoms with Gasteiger partial charge in [-0.15, -0.1) is 0 Å². The van der Waals surface area contributed by atoms with E-state index in [9.17, 15) is 14.0 Å². The van der Waals surface area contributed by atoms with Crippen molar-refractivity contribution in [2.75, 3.05) is 5.73 Å². The quantitative estimate of drug-likeness (QED) is 0.747. The van der Waals surface area contributed by atoms with Crippen LogP contribution >= 0.6 is 0 Å². The van der Waals surface area contributed by atoms with Crippen LogP contribution in [0.1, 0.15) is 20.7 Å². The second-order valence-corrected chi connectivity index (χ2v) is 4.11. The lowest BCUT2D eigenvalue weighted by molar-refractivity contribution is 0.0683. The Kier molecular flexibility index (Phi) is 3.39. The summed E-state index contributed by atoms with van der Waals surface area (Å²) >= 11 is 0. The molecule has 0 aromatic heterocycles. The molecule has 102 valence electrons. The van der Waals surface area contributed by atoms with Crippen LogP contribution in [0.3, 0.4) is 0 Å². The van der Waals surface area contributed by atoms with E-state index in [2.05, 4.69) is 0 Å². The van der Waals surface area contributed by atoms with Gasteiger partial charge in [0.05, 0.1) is 5.56 Å². The zero-order valence-electron chi connectivity index (χ0n) is 10.1. The molecule has 2 rings (SSSR count). The minimum absolute atomic E-state index is 0.101. The first-order chi connectivity index (χ1) is 9.40. The predicted octanol–water partition coefficient (Wildman–Crippen LogP) is 2.47. The van der Waals surface area contributed by atoms with Crippen LogP contribution in [0.4, 0.5) is 10.1 Å². The van der Waals surface area contributed by atoms with Gasteiger partial charge in [-0.3, -0.25) is 0 Å². The van der Waals surface area contributed by atoms with Crippen molar-refractivity contribution in [1.29, 1.82) is 0 Å². The van der Waals surface area contributed by atoms with Crippen molar-refractivity contribution < 1.29 is 24.2 Å². The van der Waals surface area contributed by atoms with Gasteiger partial charge in [0.1, 0.15) is 11.4 Å². The van der Waals surface area contributed by atoms with Crippen molar-refractivity contribution in [3.05, 3.63) is 53.3 Å². The van der Waals surface area contributed by atoms with Gasteiger partial charge in [-0.1, -0.05) is 12.1 Å². The van der Waals surface area contributed by atoms with Crippen LogP contribution in [0.15, 0.2) is 36.4 Å². The average Bonchev–Trinajstić information content (AvgIpc) is 2.37. The predicted molar refractivity (Wildman–Crippen MR) is 70.2 cm³/mol. The molecule has 0 aliphatic carbocycles. The fraction of sp³-hybridized carbons (Fsp3) is 0. The fourth-order valence-electron chi connectivity index (χ4n) is 1.83. The molecule has 0 aliphatic heterocycles. The molecule has 0 atom stereocenters. The summed E-state index contributed by atoms with van der Waals surface area (Å²) in [6, 6.07) is 8.13. The molecule has 0 saturated carbocycles. The van der Waals surface area contributed by atoms with Crippen molar-refractivity contribution in [2.45, 2.75) is 0 Å². The fourth-order valence-corrected chi connectivity index (χ4v) is 1.83. The summed E-state index contributed by atoms with van der Waals surface area (Å²) in [5, 5.41) is 17.6. The Balaban J connectivity index is 2.48. The van der Waals surface area contributed by atoms with Crippen molar-refractivity contribution >= 4 is 17.6 Å². The molecular weight excluding hydrogens is 265 g/mol. The molecule has 5 nitrogen and oxygen atoms in total. The van der Waals surface area contributed by atoms with Crippen LogP contribution in [0.5, 0.6) is 0 Å². The van der Waals surface area contributed by atoms with E-state index < -0.39 is 23.3 Å². The molecule has 2 aromatic carbocycles. The molecule has 0 fully saturated rings. The maximum Gasteiger partial charge on any atom is 0.340 e. The first-order valence-corrected chi connectivity index (χ1v) is 5.56. The summed E-state index contributed by atoms with van der Waals surface area (Å²) in [4.78, 5) is 21.6. The summed E-state index contributed by atoms with van der Waals surface area (Å²) in [6.45, 7) is 0. The van der Waals surface area contributed by atoms with Gasteiger partial charge in [-0.2, -0.15) is 0 Å². The maximum atomic E-state index is 13.7. The van der Waals surface area contributed by atoms with E-state index in [0.29, 0.717) is 11.1 Å². The number of nitrogens with two attached hydrogens (primary N) is 1. The average molecular weight is 275 g/mol. The Labute approximate surface area is 113 Å². The van der Waals surface area contributed by atoms with E-state index in [1.54, 1.807) is 0 Å². The van der Waals surface area contributed by atoms with E-state index in [1.165, 1.54) is 30.3 Å². The Morgan fingerprint density at radius 2 is 1.55 bits per heavy atom. The Morgan fingerprint density at radius 1 is 0.950 bits per heavy atom. The molecule has 0 unspecified atom stereocenters. The van der Waals surface area contributed by atoms with Crippen LogP contribution in [-0.2, 0) is 0 Å². The van der Waals surface area contributed by atoms with Crippen molar-refractivity contribution in [3.63, 3.8) is 0 Å². The van der Waals surface area contributed by atoms with E-state index in [0.717, 1.165) is 6.07 Å². The SMILES string of the molecule is Nc1cc(-c2ccc(C(=O)O)cc2)cc(F)c1C(=O)O. The van der Waals surface area contributed by atoms with E-state index in [-0.39, 0.29) is 11.3 Å². The maximum absolute atomic E-state index is 13.7. The first kappa shape index (κ1) is 13.5. The number of hydrogen-bond donors (Lipinski definition) is 3. The van der Waals surface area contributed by atoms with Gasteiger partial charge in [0.15, 0.2) is 0 Å². The van der Waals surface area contributed by atoms with Crippen LogP contribution in [0.25, 0.3) is 11.1 Å². The highest BCUT2D eigenvalue weighted by atomic mass is 19.1. The third-order valence-electron chi connectivity index (χ3n) is 2.80. The number of rotatable bonds is 3. The number of carboxylic acids is 2. The van der Waals surface area contributed by atoms with Gasteiger partial charge in [0, 0.05) is 5.69 Å². The van der Waals surface area contributed by atoms with Gasteiger partial charge >= 0.3 is 11.9 Å². The molecule has 20 heavy (non-hydrogen) atoms. The monoisotopic (exact) mass is 275 g/mol. The standard InChI is InChI=1S/C14H10FNO4/c15-10-5-9(6-11(16)12(10)14(19)20)7-1-3-8(4-2-7)13(17)18/h1-6H,16H2,(H,17,18)(H,19,20). The van der Waals surface area contributed by atoms with Crippen LogP contribution < -0.4 is 5.73 Å². The van der Waals surface area contributed by atoms with E-state index in [1.807, 2.05) is 0 Å². The largest absolute Gasteiger partial charge is 0.478 e. The smallest absolute Gasteiger partial charge is 0.340 e. The normalized spacial score (nSPS) is 10.2. The van der Waals surface area contributed by atoms with Gasteiger partial charge in [0.2, 0.25) is 0 Å². The molecule has 0 amide bonds. The highest BCUT2D eigenvalue weighted by molar-refractivity contribution is 5.95. The van der Waals surface area contributed by atoms with E-state index >= 15 is 0 Å². The molecular formula is C14H10FNO4. The minimum atomic E-state index is -1.44. The second-order valence-electron chi connectivity index (χ2n) is 4.11. The Morgan fingerprint density at radius 3 is 2.00 bits per heavy atom. The second kappa shape index (κ2) is 5.00. The lowest BCUT2D eigenvalue weighted by Gasteiger charge is -2.07. The van der Waals surface area contributed by atoms with Gasteiger partial charge in [-0.05, 0) is 35.4 Å². The lowest BCUT2D eigenvalue weighted by Crippen LogP contribution is -2.06. The lowest BCUT2D eigenvalue weighted by atomic mass is 10.0. The summed E-state index contributed by atoms with van der Waals surface area (Å²) in [7, 11) is 0. The van der Waals surface area contributed by atoms with Crippen molar-refractivity contribution in [2.24, 2.45) is 0 Å². The topological polar surface area (TPSA) is 101 Å². The summed E-state index contributed by atoms with van der Waals surface area (Å²) in [5.74, 6) is -3.44. The molecule has 0 bridgehead atoms. The number of hydrogen-bond acceptors (Lipinski definition) is 3. The van der Waals surface area contributed by atoms with Crippen molar-refractivity contribution in [3.8, 4) is 11.1 Å². The summed E-state index contributed by atoms with van der Waals surface area (Å²) in [5.41, 5.74) is 5.78. The Hall–Kier alpha value is -2.89. The minimum Gasteiger partial charge on any atom is -0.478 e. The zero-order chi connectivity index (χ0) is 14.9. The van der Waals surface area contributed by atoms with Gasteiger partial charge in [-0.25, -0.2) is 14.0 Å². The summed E-state index contributed by atoms with van der Waals surface area (Å²) in [6.07, 6.45) is 0. The summed E-state index contributed by atoms with van der Waals surface area (Å²) < 4.78 is 13.7. The van der Waals surface area contributed by atoms with Crippen LogP contribution in [0, 0.1) is 5.82 Å². The number of halogens is 1. The molecule has 6 heteroatoms. The molecule has 0 heterocycles. The first-order valence-electron chi connectivity index (χ1n) is 5.56. The molecule has 0 spiro atoms.